The highest BCUT2D eigenvalue weighted by Crippen LogP contribution is 2.17. The second-order valence-corrected chi connectivity index (χ2v) is 5.08. The van der Waals surface area contributed by atoms with E-state index in [0.717, 1.165) is 15.6 Å². The van der Waals surface area contributed by atoms with Gasteiger partial charge in [-0.25, -0.2) is 5.43 Å². The molecule has 0 saturated carbocycles. The van der Waals surface area contributed by atoms with Crippen molar-refractivity contribution in [2.75, 3.05) is 0 Å². The molecule has 0 aliphatic rings. The van der Waals surface area contributed by atoms with Crippen LogP contribution in [0.4, 0.5) is 0 Å². The summed E-state index contributed by atoms with van der Waals surface area (Å²) in [5.74, 6) is -0.524. The second kappa shape index (κ2) is 6.34. The summed E-state index contributed by atoms with van der Waals surface area (Å²) in [4.78, 5) is 11.8. The van der Waals surface area contributed by atoms with Crippen molar-refractivity contribution >= 4 is 28.1 Å². The highest BCUT2D eigenvalue weighted by molar-refractivity contribution is 9.10. The van der Waals surface area contributed by atoms with Crippen molar-refractivity contribution in [3.05, 3.63) is 63.6 Å². The number of nitrogens with one attached hydrogen (secondary N) is 1. The zero-order chi connectivity index (χ0) is 14.5. The third kappa shape index (κ3) is 3.45. The van der Waals surface area contributed by atoms with E-state index in [0.29, 0.717) is 0 Å². The molecule has 0 saturated heterocycles. The molecule has 0 atom stereocenters. The van der Waals surface area contributed by atoms with Gasteiger partial charge in [0.05, 0.1) is 11.8 Å². The summed E-state index contributed by atoms with van der Waals surface area (Å²) in [6.45, 7) is 1.99. The van der Waals surface area contributed by atoms with Crippen LogP contribution in [0.3, 0.4) is 0 Å². The van der Waals surface area contributed by atoms with Crippen LogP contribution in [0.2, 0.25) is 0 Å². The Hall–Kier alpha value is -2.14. The molecule has 2 aromatic carbocycles. The SMILES string of the molecule is Cc1ccc(/C=N\NC(=O)c2ccccc2O)cc1Br. The number of amides is 1. The second-order valence-electron chi connectivity index (χ2n) is 4.22. The van der Waals surface area contributed by atoms with E-state index in [2.05, 4.69) is 26.5 Å². The minimum absolute atomic E-state index is 0.0710. The number of halogens is 1. The van der Waals surface area contributed by atoms with Gasteiger partial charge in [0, 0.05) is 4.47 Å². The third-order valence-corrected chi connectivity index (χ3v) is 3.58. The first kappa shape index (κ1) is 14.3. The number of rotatable bonds is 3. The fourth-order valence-electron chi connectivity index (χ4n) is 1.58. The quantitative estimate of drug-likeness (QED) is 0.669. The van der Waals surface area contributed by atoms with Crippen LogP contribution in [-0.2, 0) is 0 Å². The molecule has 0 aromatic heterocycles. The summed E-state index contributed by atoms with van der Waals surface area (Å²) in [5.41, 5.74) is 4.55. The maximum Gasteiger partial charge on any atom is 0.275 e. The molecule has 102 valence electrons. The lowest BCUT2D eigenvalue weighted by Gasteiger charge is -2.02. The summed E-state index contributed by atoms with van der Waals surface area (Å²) in [6.07, 6.45) is 1.54. The number of nitrogens with zero attached hydrogens (tertiary/aromatic N) is 1. The molecule has 0 unspecified atom stereocenters. The standard InChI is InChI=1S/C15H13BrN2O2/c1-10-6-7-11(8-13(10)16)9-17-18-15(20)12-4-2-3-5-14(12)19/h2-9,19H,1H3,(H,18,20)/b17-9-. The van der Waals surface area contributed by atoms with Crippen LogP contribution in [0, 0.1) is 6.92 Å². The smallest absolute Gasteiger partial charge is 0.275 e. The van der Waals surface area contributed by atoms with Gasteiger partial charge in [-0.3, -0.25) is 4.79 Å². The number of aryl methyl sites for hydroxylation is 1. The van der Waals surface area contributed by atoms with Gasteiger partial charge in [0.1, 0.15) is 5.75 Å². The van der Waals surface area contributed by atoms with Crippen molar-refractivity contribution in [1.82, 2.24) is 5.43 Å². The van der Waals surface area contributed by atoms with Crippen molar-refractivity contribution in [2.24, 2.45) is 5.10 Å². The first-order chi connectivity index (χ1) is 9.58. The number of carbonyl (C=O) groups excluding carboxylic acids is 1. The monoisotopic (exact) mass is 332 g/mol. The van der Waals surface area contributed by atoms with E-state index in [1.165, 1.54) is 12.1 Å². The number of hydrogen-bond donors (Lipinski definition) is 2. The summed E-state index contributed by atoms with van der Waals surface area (Å²) in [7, 11) is 0. The molecule has 0 bridgehead atoms. The van der Waals surface area contributed by atoms with Gasteiger partial charge < -0.3 is 5.11 Å². The molecule has 1 amide bonds. The molecular formula is C15H13BrN2O2. The summed E-state index contributed by atoms with van der Waals surface area (Å²) in [6, 6.07) is 12.1. The molecule has 0 fully saturated rings. The predicted molar refractivity (Wildman–Crippen MR) is 82.0 cm³/mol. The normalized spacial score (nSPS) is 10.7. The topological polar surface area (TPSA) is 61.7 Å². The van der Waals surface area contributed by atoms with E-state index < -0.39 is 5.91 Å². The third-order valence-electron chi connectivity index (χ3n) is 2.72. The minimum Gasteiger partial charge on any atom is -0.507 e. The average molecular weight is 333 g/mol. The molecular weight excluding hydrogens is 320 g/mol. The molecule has 2 rings (SSSR count). The maximum atomic E-state index is 11.8. The van der Waals surface area contributed by atoms with Gasteiger partial charge >= 0.3 is 0 Å². The summed E-state index contributed by atoms with van der Waals surface area (Å²) < 4.78 is 0.980. The van der Waals surface area contributed by atoms with E-state index in [9.17, 15) is 9.90 Å². The van der Waals surface area contributed by atoms with E-state index in [-0.39, 0.29) is 11.3 Å². The lowest BCUT2D eigenvalue weighted by Crippen LogP contribution is -2.17. The molecule has 0 aliphatic carbocycles. The molecule has 2 N–H and O–H groups in total. The number of hydrazone groups is 1. The number of phenols is 1. The van der Waals surface area contributed by atoms with Gasteiger partial charge in [-0.15, -0.1) is 0 Å². The molecule has 2 aromatic rings. The molecule has 4 nitrogen and oxygen atoms in total. The van der Waals surface area contributed by atoms with Crippen LogP contribution in [0.15, 0.2) is 52.0 Å². The zero-order valence-electron chi connectivity index (χ0n) is 10.8. The Labute approximate surface area is 125 Å². The lowest BCUT2D eigenvalue weighted by molar-refractivity contribution is 0.0952. The Kier molecular flexibility index (Phi) is 4.53. The van der Waals surface area contributed by atoms with Crippen molar-refractivity contribution in [3.63, 3.8) is 0 Å². The van der Waals surface area contributed by atoms with Gasteiger partial charge in [-0.05, 0) is 36.2 Å². The van der Waals surface area contributed by atoms with Crippen molar-refractivity contribution in [3.8, 4) is 5.75 Å². The van der Waals surface area contributed by atoms with E-state index in [4.69, 9.17) is 0 Å². The van der Waals surface area contributed by atoms with Crippen molar-refractivity contribution in [1.29, 1.82) is 0 Å². The Morgan fingerprint density at radius 1 is 1.30 bits per heavy atom. The van der Waals surface area contributed by atoms with E-state index in [1.54, 1.807) is 18.3 Å². The number of phenolic OH excluding ortho intramolecular Hbond substituents is 1. The minimum atomic E-state index is -0.453. The fraction of sp³-hybridized carbons (Fsp3) is 0.0667. The number of hydrogen-bond acceptors (Lipinski definition) is 3. The Balaban J connectivity index is 2.05. The Bertz CT molecular complexity index is 669. The van der Waals surface area contributed by atoms with Crippen LogP contribution in [-0.4, -0.2) is 17.2 Å². The summed E-state index contributed by atoms with van der Waals surface area (Å²) >= 11 is 3.43. The first-order valence-electron chi connectivity index (χ1n) is 5.95. The largest absolute Gasteiger partial charge is 0.507 e. The van der Waals surface area contributed by atoms with Crippen LogP contribution in [0.1, 0.15) is 21.5 Å². The highest BCUT2D eigenvalue weighted by Gasteiger charge is 2.08. The molecule has 0 aliphatic heterocycles. The van der Waals surface area contributed by atoms with Crippen LogP contribution in [0.5, 0.6) is 5.75 Å². The predicted octanol–water partition coefficient (Wildman–Crippen LogP) is 3.23. The number of para-hydroxylation sites is 1. The Morgan fingerprint density at radius 3 is 2.75 bits per heavy atom. The first-order valence-corrected chi connectivity index (χ1v) is 6.75. The molecule has 5 heteroatoms. The fourth-order valence-corrected chi connectivity index (χ4v) is 1.98. The molecule has 0 radical (unpaired) electrons. The Morgan fingerprint density at radius 2 is 2.05 bits per heavy atom. The lowest BCUT2D eigenvalue weighted by atomic mass is 10.2. The number of aromatic hydroxyl groups is 1. The molecule has 0 spiro atoms. The van der Waals surface area contributed by atoms with Crippen molar-refractivity contribution in [2.45, 2.75) is 6.92 Å². The molecule has 0 heterocycles. The zero-order valence-corrected chi connectivity index (χ0v) is 12.4. The maximum absolute atomic E-state index is 11.8. The van der Waals surface area contributed by atoms with Gasteiger partial charge in [-0.2, -0.15) is 5.10 Å². The number of benzene rings is 2. The van der Waals surface area contributed by atoms with Gasteiger partial charge in [-0.1, -0.05) is 40.2 Å². The van der Waals surface area contributed by atoms with E-state index in [1.807, 2.05) is 25.1 Å². The van der Waals surface area contributed by atoms with Crippen molar-refractivity contribution < 1.29 is 9.90 Å². The van der Waals surface area contributed by atoms with Crippen LogP contribution in [0.25, 0.3) is 0 Å². The van der Waals surface area contributed by atoms with E-state index >= 15 is 0 Å². The van der Waals surface area contributed by atoms with Gasteiger partial charge in [0.2, 0.25) is 0 Å². The van der Waals surface area contributed by atoms with Crippen LogP contribution < -0.4 is 5.43 Å². The molecule has 20 heavy (non-hydrogen) atoms. The summed E-state index contributed by atoms with van der Waals surface area (Å²) in [5, 5.41) is 13.4. The number of carbonyl (C=O) groups is 1. The average Bonchev–Trinajstić information content (AvgIpc) is 2.43. The van der Waals surface area contributed by atoms with Gasteiger partial charge in [0.25, 0.3) is 5.91 Å². The highest BCUT2D eigenvalue weighted by atomic mass is 79.9. The van der Waals surface area contributed by atoms with Gasteiger partial charge in [0.15, 0.2) is 0 Å². The van der Waals surface area contributed by atoms with Crippen LogP contribution >= 0.6 is 15.9 Å².